The minimum Gasteiger partial charge on any atom is -0.335 e. The predicted octanol–water partition coefficient (Wildman–Crippen LogP) is 4.35. The lowest BCUT2D eigenvalue weighted by molar-refractivity contribution is -0.116. The first-order valence-corrected chi connectivity index (χ1v) is 9.78. The molecule has 0 aliphatic rings. The fraction of sp³-hybridized carbons (Fsp3) is 0.182. The zero-order valence-electron chi connectivity index (χ0n) is 16.5. The molecule has 0 atom stereocenters. The Morgan fingerprint density at radius 3 is 2.63 bits per heavy atom. The molecule has 2 heterocycles. The molecule has 0 aliphatic heterocycles. The van der Waals surface area contributed by atoms with Crippen LogP contribution in [0.4, 0.5) is 5.69 Å². The smallest absolute Gasteiger partial charge is 0.266 e. The van der Waals surface area contributed by atoms with Gasteiger partial charge in [0, 0.05) is 24.2 Å². The summed E-state index contributed by atoms with van der Waals surface area (Å²) in [4.78, 5) is 29.5. The predicted molar refractivity (Wildman–Crippen MR) is 116 cm³/mol. The summed E-state index contributed by atoms with van der Waals surface area (Å²) < 4.78 is 6.58. The molecule has 7 nitrogen and oxygen atoms in total. The fourth-order valence-electron chi connectivity index (χ4n) is 3.37. The quantitative estimate of drug-likeness (QED) is 0.516. The number of benzene rings is 2. The minimum absolute atomic E-state index is 0.118. The van der Waals surface area contributed by atoms with Crippen molar-refractivity contribution in [2.45, 2.75) is 26.8 Å². The van der Waals surface area contributed by atoms with Gasteiger partial charge in [-0.1, -0.05) is 41.0 Å². The summed E-state index contributed by atoms with van der Waals surface area (Å²) >= 11 is 6.25. The van der Waals surface area contributed by atoms with Crippen molar-refractivity contribution in [3.8, 4) is 11.3 Å². The topological polar surface area (TPSA) is 90.0 Å². The number of carbonyl (C=O) groups is 1. The molecule has 4 aromatic rings. The lowest BCUT2D eigenvalue weighted by Gasteiger charge is -2.08. The SMILES string of the molecule is Cc1cc(C)cc(NC(=O)CCn2cnc3onc(-c4ccccc4Cl)c3c2=O)c1. The molecule has 30 heavy (non-hydrogen) atoms. The van der Waals surface area contributed by atoms with Crippen molar-refractivity contribution in [3.05, 3.63) is 75.3 Å². The van der Waals surface area contributed by atoms with Crippen molar-refractivity contribution in [3.63, 3.8) is 0 Å². The zero-order valence-corrected chi connectivity index (χ0v) is 17.2. The van der Waals surface area contributed by atoms with Crippen molar-refractivity contribution in [1.82, 2.24) is 14.7 Å². The van der Waals surface area contributed by atoms with Crippen LogP contribution in [0.25, 0.3) is 22.4 Å². The third-order valence-electron chi connectivity index (χ3n) is 4.68. The number of rotatable bonds is 5. The molecule has 0 fully saturated rings. The molecule has 0 saturated carbocycles. The van der Waals surface area contributed by atoms with Gasteiger partial charge in [0.05, 0.1) is 5.02 Å². The van der Waals surface area contributed by atoms with Crippen LogP contribution in [-0.2, 0) is 11.3 Å². The van der Waals surface area contributed by atoms with Gasteiger partial charge in [-0.3, -0.25) is 14.2 Å². The number of amides is 1. The van der Waals surface area contributed by atoms with E-state index in [2.05, 4.69) is 15.5 Å². The lowest BCUT2D eigenvalue weighted by Crippen LogP contribution is -2.23. The molecule has 2 aromatic heterocycles. The molecule has 4 rings (SSSR count). The van der Waals surface area contributed by atoms with Crippen LogP contribution >= 0.6 is 11.6 Å². The first kappa shape index (κ1) is 19.8. The van der Waals surface area contributed by atoms with E-state index in [1.54, 1.807) is 24.3 Å². The van der Waals surface area contributed by atoms with Crippen molar-refractivity contribution >= 4 is 34.3 Å². The highest BCUT2D eigenvalue weighted by atomic mass is 35.5. The Morgan fingerprint density at radius 1 is 1.17 bits per heavy atom. The molecule has 0 bridgehead atoms. The standard InChI is InChI=1S/C22H19ClN4O3/c1-13-9-14(2)11-15(10-13)25-18(28)7-8-27-12-24-21-19(22(27)29)20(26-30-21)16-5-3-4-6-17(16)23/h3-6,9-12H,7-8H2,1-2H3,(H,25,28). The number of anilines is 1. The highest BCUT2D eigenvalue weighted by Gasteiger charge is 2.19. The van der Waals surface area contributed by atoms with Gasteiger partial charge in [0.1, 0.15) is 17.4 Å². The maximum Gasteiger partial charge on any atom is 0.266 e. The van der Waals surface area contributed by atoms with E-state index in [1.165, 1.54) is 10.9 Å². The van der Waals surface area contributed by atoms with Crippen LogP contribution in [-0.4, -0.2) is 20.6 Å². The number of fused-ring (bicyclic) bond motifs is 1. The van der Waals surface area contributed by atoms with E-state index in [4.69, 9.17) is 16.1 Å². The lowest BCUT2D eigenvalue weighted by atomic mass is 10.1. The zero-order chi connectivity index (χ0) is 21.3. The van der Waals surface area contributed by atoms with Crippen LogP contribution in [0.5, 0.6) is 0 Å². The summed E-state index contributed by atoms with van der Waals surface area (Å²) in [5, 5.41) is 7.54. The Morgan fingerprint density at radius 2 is 1.90 bits per heavy atom. The van der Waals surface area contributed by atoms with Crippen LogP contribution in [0.1, 0.15) is 17.5 Å². The number of hydrogen-bond donors (Lipinski definition) is 1. The van der Waals surface area contributed by atoms with Crippen molar-refractivity contribution in [1.29, 1.82) is 0 Å². The van der Waals surface area contributed by atoms with Gasteiger partial charge in [-0.15, -0.1) is 0 Å². The van der Waals surface area contributed by atoms with Crippen LogP contribution in [0.2, 0.25) is 5.02 Å². The van der Waals surface area contributed by atoms with Crippen molar-refractivity contribution < 1.29 is 9.32 Å². The molecule has 0 radical (unpaired) electrons. The van der Waals surface area contributed by atoms with Crippen LogP contribution in [0.3, 0.4) is 0 Å². The van der Waals surface area contributed by atoms with E-state index in [1.807, 2.05) is 32.0 Å². The van der Waals surface area contributed by atoms with Crippen LogP contribution in [0, 0.1) is 13.8 Å². The molecule has 8 heteroatoms. The number of aryl methyl sites for hydroxylation is 3. The number of carbonyl (C=O) groups excluding carboxylic acids is 1. The van der Waals surface area contributed by atoms with Gasteiger partial charge in [-0.05, 0) is 43.2 Å². The molecule has 1 N–H and O–H groups in total. The Hall–Kier alpha value is -3.45. The molecule has 152 valence electrons. The molecule has 1 amide bonds. The van der Waals surface area contributed by atoms with Gasteiger partial charge in [0.25, 0.3) is 11.3 Å². The molecule has 2 aromatic carbocycles. The second-order valence-electron chi connectivity index (χ2n) is 7.11. The summed E-state index contributed by atoms with van der Waals surface area (Å²) in [7, 11) is 0. The average Bonchev–Trinajstić information content (AvgIpc) is 3.12. The minimum atomic E-state index is -0.338. The molecular weight excluding hydrogens is 404 g/mol. The summed E-state index contributed by atoms with van der Waals surface area (Å²) in [6, 6.07) is 12.9. The van der Waals surface area contributed by atoms with E-state index >= 15 is 0 Å². The van der Waals surface area contributed by atoms with Gasteiger partial charge in [0.2, 0.25) is 5.91 Å². The number of halogens is 1. The summed E-state index contributed by atoms with van der Waals surface area (Å²) in [5.74, 6) is -0.191. The maximum absolute atomic E-state index is 13.0. The van der Waals surface area contributed by atoms with Gasteiger partial charge in [-0.25, -0.2) is 4.98 Å². The Labute approximate surface area is 177 Å². The summed E-state index contributed by atoms with van der Waals surface area (Å²) in [6.45, 7) is 4.11. The van der Waals surface area contributed by atoms with Crippen molar-refractivity contribution in [2.24, 2.45) is 0 Å². The molecule has 0 aliphatic carbocycles. The highest BCUT2D eigenvalue weighted by molar-refractivity contribution is 6.33. The second-order valence-corrected chi connectivity index (χ2v) is 7.52. The van der Waals surface area contributed by atoms with E-state index in [9.17, 15) is 9.59 Å². The third kappa shape index (κ3) is 3.97. The first-order valence-electron chi connectivity index (χ1n) is 9.40. The van der Waals surface area contributed by atoms with Gasteiger partial charge >= 0.3 is 0 Å². The maximum atomic E-state index is 13.0. The molecule has 0 unspecified atom stereocenters. The molecule has 0 spiro atoms. The number of aromatic nitrogens is 3. The first-order chi connectivity index (χ1) is 14.4. The van der Waals surface area contributed by atoms with E-state index in [0.717, 1.165) is 16.8 Å². The number of nitrogens with one attached hydrogen (secondary N) is 1. The fourth-order valence-corrected chi connectivity index (χ4v) is 3.59. The van der Waals surface area contributed by atoms with E-state index < -0.39 is 0 Å². The Balaban J connectivity index is 1.57. The summed E-state index contributed by atoms with van der Waals surface area (Å²) in [5.41, 5.74) is 3.58. The number of nitrogens with zero attached hydrogens (tertiary/aromatic N) is 3. The normalized spacial score (nSPS) is 11.0. The second kappa shape index (κ2) is 8.12. The van der Waals surface area contributed by atoms with Gasteiger partial charge < -0.3 is 9.84 Å². The Bertz CT molecular complexity index is 1290. The van der Waals surface area contributed by atoms with E-state index in [-0.39, 0.29) is 35.5 Å². The highest BCUT2D eigenvalue weighted by Crippen LogP contribution is 2.30. The summed E-state index contributed by atoms with van der Waals surface area (Å²) in [6.07, 6.45) is 1.48. The van der Waals surface area contributed by atoms with Gasteiger partial charge in [-0.2, -0.15) is 0 Å². The van der Waals surface area contributed by atoms with Gasteiger partial charge in [0.15, 0.2) is 0 Å². The molecule has 0 saturated heterocycles. The molecular formula is C22H19ClN4O3. The Kier molecular flexibility index (Phi) is 5.37. The van der Waals surface area contributed by atoms with Crippen LogP contribution in [0.15, 0.2) is 58.1 Å². The van der Waals surface area contributed by atoms with E-state index in [0.29, 0.717) is 16.3 Å². The number of hydrogen-bond acceptors (Lipinski definition) is 5. The van der Waals surface area contributed by atoms with Crippen LogP contribution < -0.4 is 10.9 Å². The average molecular weight is 423 g/mol. The largest absolute Gasteiger partial charge is 0.335 e. The third-order valence-corrected chi connectivity index (χ3v) is 5.01. The monoisotopic (exact) mass is 422 g/mol. The van der Waals surface area contributed by atoms with Crippen molar-refractivity contribution in [2.75, 3.05) is 5.32 Å².